The molecule has 0 atom stereocenters. The number of hydrogen-bond acceptors (Lipinski definition) is 1. The first-order chi connectivity index (χ1) is 29.2. The van der Waals surface area contributed by atoms with Gasteiger partial charge in [-0.3, -0.25) is 0 Å². The second-order valence-electron chi connectivity index (χ2n) is 16.5. The number of aromatic nitrogens is 1. The number of fused-ring (bicyclic) bond motifs is 9. The third-order valence-electron chi connectivity index (χ3n) is 13.3. The summed E-state index contributed by atoms with van der Waals surface area (Å²) in [4.78, 5) is 2.45. The van der Waals surface area contributed by atoms with Gasteiger partial charge in [-0.2, -0.15) is 0 Å². The van der Waals surface area contributed by atoms with Crippen molar-refractivity contribution in [3.63, 3.8) is 0 Å². The van der Waals surface area contributed by atoms with Crippen LogP contribution in [0.3, 0.4) is 0 Å². The zero-order valence-corrected chi connectivity index (χ0v) is 32.9. The third kappa shape index (κ3) is 5.40. The molecule has 0 radical (unpaired) electrons. The molecule has 2 nitrogen and oxygen atoms in total. The molecule has 0 amide bonds. The number of nitrogens with zero attached hydrogens (tertiary/aromatic N) is 2. The van der Waals surface area contributed by atoms with Gasteiger partial charge in [-0.05, 0) is 135 Å². The first kappa shape index (κ1) is 33.9. The van der Waals surface area contributed by atoms with Crippen LogP contribution in [-0.2, 0) is 5.41 Å². The zero-order chi connectivity index (χ0) is 38.9. The number of benzene rings is 9. The van der Waals surface area contributed by atoms with Gasteiger partial charge >= 0.3 is 0 Å². The van der Waals surface area contributed by atoms with Crippen molar-refractivity contribution in [2.24, 2.45) is 0 Å². The summed E-state index contributed by atoms with van der Waals surface area (Å²) in [6.07, 6.45) is 4.97. The third-order valence-corrected chi connectivity index (χ3v) is 13.3. The minimum absolute atomic E-state index is 0.0955. The fourth-order valence-electron chi connectivity index (χ4n) is 10.5. The van der Waals surface area contributed by atoms with Crippen molar-refractivity contribution < 1.29 is 0 Å². The quantitative estimate of drug-likeness (QED) is 0.164. The van der Waals surface area contributed by atoms with Crippen molar-refractivity contribution in [3.8, 4) is 39.1 Å². The van der Waals surface area contributed by atoms with E-state index < -0.39 is 0 Å². The van der Waals surface area contributed by atoms with Gasteiger partial charge in [0.05, 0.1) is 11.0 Å². The monoisotopic (exact) mass is 754 g/mol. The highest BCUT2D eigenvalue weighted by molar-refractivity contribution is 6.10. The molecule has 2 heteroatoms. The largest absolute Gasteiger partial charge is 0.310 e. The second kappa shape index (κ2) is 13.5. The fourth-order valence-corrected chi connectivity index (χ4v) is 10.5. The lowest BCUT2D eigenvalue weighted by Gasteiger charge is -2.30. The van der Waals surface area contributed by atoms with Crippen LogP contribution in [0.2, 0.25) is 0 Å². The smallest absolute Gasteiger partial charge is 0.0547 e. The molecule has 1 spiro atoms. The average molecular weight is 755 g/mol. The van der Waals surface area contributed by atoms with E-state index in [2.05, 4.69) is 216 Å². The molecule has 1 saturated carbocycles. The molecule has 280 valence electrons. The average Bonchev–Trinajstić information content (AvgIpc) is 4.01. The molecule has 0 N–H and O–H groups in total. The highest BCUT2D eigenvalue weighted by atomic mass is 15.1. The molecule has 59 heavy (non-hydrogen) atoms. The maximum Gasteiger partial charge on any atom is 0.0547 e. The van der Waals surface area contributed by atoms with Gasteiger partial charge in [0.15, 0.2) is 0 Å². The van der Waals surface area contributed by atoms with Crippen LogP contribution in [0, 0.1) is 0 Å². The summed E-state index contributed by atoms with van der Waals surface area (Å²) in [5.74, 6) is 0. The van der Waals surface area contributed by atoms with Crippen LogP contribution < -0.4 is 4.90 Å². The van der Waals surface area contributed by atoms with Gasteiger partial charge in [0.25, 0.3) is 0 Å². The van der Waals surface area contributed by atoms with E-state index in [4.69, 9.17) is 0 Å². The molecular formula is C57H42N2. The molecule has 0 unspecified atom stereocenters. The van der Waals surface area contributed by atoms with Gasteiger partial charge in [0.2, 0.25) is 0 Å². The van der Waals surface area contributed by atoms with Crippen molar-refractivity contribution in [1.29, 1.82) is 0 Å². The maximum absolute atomic E-state index is 2.52. The fraction of sp³-hybridized carbons (Fsp3) is 0.0877. The molecule has 0 saturated heterocycles. The summed E-state index contributed by atoms with van der Waals surface area (Å²) in [5.41, 5.74) is 17.9. The Morgan fingerprint density at radius 3 is 1.73 bits per heavy atom. The molecule has 9 aromatic carbocycles. The number of para-hydroxylation sites is 2. The van der Waals surface area contributed by atoms with E-state index in [1.807, 2.05) is 0 Å². The van der Waals surface area contributed by atoms with Crippen molar-refractivity contribution in [1.82, 2.24) is 4.57 Å². The predicted octanol–water partition coefficient (Wildman–Crippen LogP) is 15.6. The Hall–Kier alpha value is -7.16. The summed E-state index contributed by atoms with van der Waals surface area (Å²) in [5, 5.41) is 5.06. The number of rotatable bonds is 6. The van der Waals surface area contributed by atoms with Crippen LogP contribution in [0.4, 0.5) is 17.1 Å². The second-order valence-corrected chi connectivity index (χ2v) is 16.5. The Labute approximate surface area is 345 Å². The number of hydrogen-bond donors (Lipinski definition) is 0. The van der Waals surface area contributed by atoms with Crippen molar-refractivity contribution in [2.45, 2.75) is 31.1 Å². The van der Waals surface area contributed by atoms with E-state index in [9.17, 15) is 0 Å². The van der Waals surface area contributed by atoms with Gasteiger partial charge in [-0.1, -0.05) is 152 Å². The van der Waals surface area contributed by atoms with E-state index >= 15 is 0 Å². The lowest BCUT2D eigenvalue weighted by atomic mass is 9.76. The van der Waals surface area contributed by atoms with Crippen LogP contribution in [0.1, 0.15) is 36.8 Å². The van der Waals surface area contributed by atoms with Gasteiger partial charge in [0, 0.05) is 38.9 Å². The highest BCUT2D eigenvalue weighted by Gasteiger charge is 2.45. The molecule has 12 rings (SSSR count). The summed E-state index contributed by atoms with van der Waals surface area (Å²) in [6, 6.07) is 76.5. The Balaban J connectivity index is 0.970. The van der Waals surface area contributed by atoms with Gasteiger partial charge in [-0.25, -0.2) is 0 Å². The Morgan fingerprint density at radius 2 is 0.949 bits per heavy atom. The number of anilines is 3. The summed E-state index contributed by atoms with van der Waals surface area (Å²) in [7, 11) is 0. The van der Waals surface area contributed by atoms with Gasteiger partial charge in [-0.15, -0.1) is 0 Å². The Morgan fingerprint density at radius 1 is 0.373 bits per heavy atom. The van der Waals surface area contributed by atoms with Gasteiger partial charge in [0.1, 0.15) is 0 Å². The van der Waals surface area contributed by atoms with E-state index in [0.717, 1.165) is 11.4 Å². The predicted molar refractivity (Wildman–Crippen MR) is 249 cm³/mol. The lowest BCUT2D eigenvalue weighted by molar-refractivity contribution is 0.550. The van der Waals surface area contributed by atoms with Crippen LogP contribution >= 0.6 is 0 Å². The summed E-state index contributed by atoms with van der Waals surface area (Å²) < 4.78 is 2.40. The molecule has 1 aromatic heterocycles. The highest BCUT2D eigenvalue weighted by Crippen LogP contribution is 2.58. The Bertz CT molecular complexity index is 3200. The van der Waals surface area contributed by atoms with E-state index in [-0.39, 0.29) is 5.41 Å². The van der Waals surface area contributed by atoms with Crippen molar-refractivity contribution in [2.75, 3.05) is 4.90 Å². The normalized spacial score (nSPS) is 14.0. The van der Waals surface area contributed by atoms with E-state index in [1.54, 1.807) is 0 Å². The Kier molecular flexibility index (Phi) is 7.74. The first-order valence-corrected chi connectivity index (χ1v) is 21.0. The molecule has 2 aliphatic rings. The zero-order valence-electron chi connectivity index (χ0n) is 32.9. The van der Waals surface area contributed by atoms with Crippen LogP contribution in [0.5, 0.6) is 0 Å². The summed E-state index contributed by atoms with van der Waals surface area (Å²) in [6.45, 7) is 0. The van der Waals surface area contributed by atoms with Crippen LogP contribution in [0.25, 0.3) is 71.6 Å². The summed E-state index contributed by atoms with van der Waals surface area (Å²) >= 11 is 0. The SMILES string of the molecule is c1ccc(-n2c3ccccc3c3ccc(-c4ccc(N(c5ccc(-c6ccc7ccccc7c6)cc5)c5ccc6c(c5)C5(CCCC5)c5ccccc5-6)cc4)cc32)cc1. The lowest BCUT2D eigenvalue weighted by Crippen LogP contribution is -2.21. The topological polar surface area (TPSA) is 8.17 Å². The van der Waals surface area contributed by atoms with Crippen LogP contribution in [-0.4, -0.2) is 4.57 Å². The minimum Gasteiger partial charge on any atom is -0.310 e. The minimum atomic E-state index is 0.0955. The standard InChI is InChI=1S/C57H42N2/c1-2-14-45(15-3-1)59-55-19-9-7-17-51(55)52-32-26-44(37-56(52)59)41-24-29-47(30-25-41)58(46-27-22-40(23-28-46)43-21-20-39-12-4-5-13-42(39)36-43)48-31-33-50-49-16-6-8-18-53(49)57(54(50)38-48)34-10-11-35-57/h1-9,12-33,36-38H,10-11,34-35H2. The molecular weight excluding hydrogens is 713 g/mol. The van der Waals surface area contributed by atoms with Crippen molar-refractivity contribution >= 4 is 49.6 Å². The van der Waals surface area contributed by atoms with Crippen LogP contribution in [0.15, 0.2) is 206 Å². The molecule has 0 aliphatic heterocycles. The molecule has 10 aromatic rings. The first-order valence-electron chi connectivity index (χ1n) is 21.0. The molecule has 1 fully saturated rings. The molecule has 1 heterocycles. The maximum atomic E-state index is 2.52. The van der Waals surface area contributed by atoms with E-state index in [0.29, 0.717) is 0 Å². The molecule has 2 aliphatic carbocycles. The van der Waals surface area contributed by atoms with Crippen molar-refractivity contribution in [3.05, 3.63) is 217 Å². The van der Waals surface area contributed by atoms with E-state index in [1.165, 1.54) is 114 Å². The van der Waals surface area contributed by atoms with Gasteiger partial charge < -0.3 is 9.47 Å². The molecule has 0 bridgehead atoms.